The van der Waals surface area contributed by atoms with Crippen molar-refractivity contribution in [3.63, 3.8) is 0 Å². The fraction of sp³-hybridized carbons (Fsp3) is 0.286. The normalized spacial score (nSPS) is 10.7. The van der Waals surface area contributed by atoms with Crippen LogP contribution in [0.5, 0.6) is 5.75 Å². The van der Waals surface area contributed by atoms with Gasteiger partial charge in [0.2, 0.25) is 5.91 Å². The molecule has 0 bridgehead atoms. The Balaban J connectivity index is 1.86. The molecule has 0 atom stereocenters. The molecule has 0 saturated heterocycles. The van der Waals surface area contributed by atoms with Crippen LogP contribution < -0.4 is 10.3 Å². The summed E-state index contributed by atoms with van der Waals surface area (Å²) in [6.45, 7) is 2.67. The van der Waals surface area contributed by atoms with Gasteiger partial charge in [-0.15, -0.1) is 0 Å². The number of nitrogens with one attached hydrogen (secondary N) is 1. The van der Waals surface area contributed by atoms with Crippen molar-refractivity contribution in [1.82, 2.24) is 14.9 Å². The maximum absolute atomic E-state index is 12.6. The molecule has 140 valence electrons. The summed E-state index contributed by atoms with van der Waals surface area (Å²) >= 11 is 0. The molecule has 6 nitrogen and oxygen atoms in total. The van der Waals surface area contributed by atoms with Crippen LogP contribution in [0.4, 0.5) is 0 Å². The van der Waals surface area contributed by atoms with E-state index in [1.54, 1.807) is 30.2 Å². The number of rotatable bonds is 7. The first-order valence-electron chi connectivity index (χ1n) is 8.99. The third-order valence-corrected chi connectivity index (χ3v) is 4.35. The van der Waals surface area contributed by atoms with Crippen LogP contribution in [0.1, 0.15) is 31.2 Å². The molecule has 2 aromatic carbocycles. The second-order valence-electron chi connectivity index (χ2n) is 6.38. The SMILES string of the molecule is CCCC(=O)N(Cc1ccc(OC)cc1)Cc1nc2ccccc2c(=O)[nH]1. The van der Waals surface area contributed by atoms with Gasteiger partial charge in [-0.25, -0.2) is 4.98 Å². The highest BCUT2D eigenvalue weighted by atomic mass is 16.5. The molecular weight excluding hydrogens is 342 g/mol. The molecule has 3 rings (SSSR count). The smallest absolute Gasteiger partial charge is 0.258 e. The van der Waals surface area contributed by atoms with Crippen LogP contribution in [-0.2, 0) is 17.9 Å². The molecule has 6 heteroatoms. The van der Waals surface area contributed by atoms with Crippen LogP contribution in [-0.4, -0.2) is 27.9 Å². The Kier molecular flexibility index (Phi) is 5.86. The van der Waals surface area contributed by atoms with Crippen LogP contribution in [0.3, 0.4) is 0 Å². The first kappa shape index (κ1) is 18.6. The minimum atomic E-state index is -0.192. The maximum atomic E-state index is 12.6. The second kappa shape index (κ2) is 8.49. The van der Waals surface area contributed by atoms with Gasteiger partial charge in [-0.1, -0.05) is 31.2 Å². The van der Waals surface area contributed by atoms with Gasteiger partial charge in [-0.3, -0.25) is 9.59 Å². The lowest BCUT2D eigenvalue weighted by Crippen LogP contribution is -2.31. The number of aromatic nitrogens is 2. The van der Waals surface area contributed by atoms with Gasteiger partial charge in [0.25, 0.3) is 5.56 Å². The summed E-state index contributed by atoms with van der Waals surface area (Å²) in [5, 5.41) is 0.544. The number of ether oxygens (including phenoxy) is 1. The number of amides is 1. The molecule has 1 N–H and O–H groups in total. The number of fused-ring (bicyclic) bond motifs is 1. The number of carbonyl (C=O) groups is 1. The Hall–Kier alpha value is -3.15. The highest BCUT2D eigenvalue weighted by Crippen LogP contribution is 2.15. The fourth-order valence-electron chi connectivity index (χ4n) is 2.95. The molecule has 0 spiro atoms. The van der Waals surface area contributed by atoms with Crippen molar-refractivity contribution >= 4 is 16.8 Å². The van der Waals surface area contributed by atoms with Gasteiger partial charge in [0, 0.05) is 13.0 Å². The topological polar surface area (TPSA) is 75.3 Å². The van der Waals surface area contributed by atoms with Crippen molar-refractivity contribution in [2.24, 2.45) is 0 Å². The number of nitrogens with zero attached hydrogens (tertiary/aromatic N) is 2. The highest BCUT2D eigenvalue weighted by Gasteiger charge is 2.16. The van der Waals surface area contributed by atoms with E-state index in [2.05, 4.69) is 9.97 Å². The van der Waals surface area contributed by atoms with Crippen molar-refractivity contribution in [2.75, 3.05) is 7.11 Å². The lowest BCUT2D eigenvalue weighted by Gasteiger charge is -2.22. The van der Waals surface area contributed by atoms with Crippen molar-refractivity contribution in [1.29, 1.82) is 0 Å². The minimum absolute atomic E-state index is 0.0316. The molecular formula is C21H23N3O3. The van der Waals surface area contributed by atoms with E-state index in [0.717, 1.165) is 17.7 Å². The third kappa shape index (κ3) is 4.53. The summed E-state index contributed by atoms with van der Waals surface area (Å²) in [5.74, 6) is 1.28. The highest BCUT2D eigenvalue weighted by molar-refractivity contribution is 5.78. The van der Waals surface area contributed by atoms with Gasteiger partial charge in [0.15, 0.2) is 0 Å². The largest absolute Gasteiger partial charge is 0.497 e. The van der Waals surface area contributed by atoms with Gasteiger partial charge >= 0.3 is 0 Å². The Labute approximate surface area is 157 Å². The summed E-state index contributed by atoms with van der Waals surface area (Å²) < 4.78 is 5.18. The first-order valence-corrected chi connectivity index (χ1v) is 8.99. The average molecular weight is 365 g/mol. The van der Waals surface area contributed by atoms with Crippen LogP contribution in [0.25, 0.3) is 10.9 Å². The predicted octanol–water partition coefficient (Wildman–Crippen LogP) is 3.26. The van der Waals surface area contributed by atoms with Crippen molar-refractivity contribution in [3.8, 4) is 5.75 Å². The average Bonchev–Trinajstić information content (AvgIpc) is 2.68. The Morgan fingerprint density at radius 1 is 1.11 bits per heavy atom. The van der Waals surface area contributed by atoms with Gasteiger partial charge < -0.3 is 14.6 Å². The van der Waals surface area contributed by atoms with E-state index >= 15 is 0 Å². The van der Waals surface area contributed by atoms with Crippen LogP contribution in [0.2, 0.25) is 0 Å². The van der Waals surface area contributed by atoms with E-state index in [1.165, 1.54) is 0 Å². The van der Waals surface area contributed by atoms with Gasteiger partial charge in [-0.2, -0.15) is 0 Å². The molecule has 0 aliphatic carbocycles. The van der Waals surface area contributed by atoms with Crippen molar-refractivity contribution in [3.05, 3.63) is 70.3 Å². The summed E-state index contributed by atoms with van der Waals surface area (Å²) in [4.78, 5) is 33.9. The standard InChI is InChI=1S/C21H23N3O3/c1-3-6-20(25)24(13-15-9-11-16(27-2)12-10-15)14-19-22-18-8-5-4-7-17(18)21(26)23-19/h4-5,7-12H,3,6,13-14H2,1-2H3,(H,22,23,26). The molecule has 0 aliphatic rings. The summed E-state index contributed by atoms with van der Waals surface area (Å²) in [7, 11) is 1.62. The zero-order valence-corrected chi connectivity index (χ0v) is 15.6. The number of hydrogen-bond donors (Lipinski definition) is 1. The molecule has 1 amide bonds. The number of methoxy groups -OCH3 is 1. The fourth-order valence-corrected chi connectivity index (χ4v) is 2.95. The van der Waals surface area contributed by atoms with Crippen molar-refractivity contribution in [2.45, 2.75) is 32.9 Å². The number of hydrogen-bond acceptors (Lipinski definition) is 4. The number of carbonyl (C=O) groups excluding carboxylic acids is 1. The quantitative estimate of drug-likeness (QED) is 0.697. The number of aromatic amines is 1. The first-order chi connectivity index (χ1) is 13.1. The van der Waals surface area contributed by atoms with Gasteiger partial charge in [0.1, 0.15) is 11.6 Å². The lowest BCUT2D eigenvalue weighted by atomic mass is 10.2. The molecule has 3 aromatic rings. The molecule has 0 aliphatic heterocycles. The van der Waals surface area contributed by atoms with E-state index in [-0.39, 0.29) is 18.0 Å². The predicted molar refractivity (Wildman–Crippen MR) is 105 cm³/mol. The van der Waals surface area contributed by atoms with E-state index < -0.39 is 0 Å². The molecule has 0 fully saturated rings. The number of H-pyrrole nitrogens is 1. The molecule has 1 heterocycles. The molecule has 0 radical (unpaired) electrons. The zero-order valence-electron chi connectivity index (χ0n) is 15.6. The van der Waals surface area contributed by atoms with E-state index in [1.807, 2.05) is 37.3 Å². The monoisotopic (exact) mass is 365 g/mol. The van der Waals surface area contributed by atoms with E-state index in [0.29, 0.717) is 29.7 Å². The van der Waals surface area contributed by atoms with Gasteiger partial charge in [-0.05, 0) is 36.2 Å². The van der Waals surface area contributed by atoms with Crippen molar-refractivity contribution < 1.29 is 9.53 Å². The summed E-state index contributed by atoms with van der Waals surface area (Å²) in [5.41, 5.74) is 1.43. The maximum Gasteiger partial charge on any atom is 0.258 e. The number of para-hydroxylation sites is 1. The molecule has 0 unspecified atom stereocenters. The second-order valence-corrected chi connectivity index (χ2v) is 6.38. The van der Waals surface area contributed by atoms with E-state index in [9.17, 15) is 9.59 Å². The lowest BCUT2D eigenvalue weighted by molar-refractivity contribution is -0.132. The van der Waals surface area contributed by atoms with Gasteiger partial charge in [0.05, 0.1) is 24.6 Å². The minimum Gasteiger partial charge on any atom is -0.497 e. The van der Waals surface area contributed by atoms with Crippen LogP contribution in [0.15, 0.2) is 53.3 Å². The zero-order chi connectivity index (χ0) is 19.2. The Bertz CT molecular complexity index is 980. The molecule has 0 saturated carbocycles. The summed E-state index contributed by atoms with van der Waals surface area (Å²) in [6, 6.07) is 14.8. The molecule has 1 aromatic heterocycles. The number of benzene rings is 2. The Morgan fingerprint density at radius 3 is 2.56 bits per heavy atom. The van der Waals surface area contributed by atoms with Crippen LogP contribution >= 0.6 is 0 Å². The summed E-state index contributed by atoms with van der Waals surface area (Å²) in [6.07, 6.45) is 1.22. The Morgan fingerprint density at radius 2 is 1.85 bits per heavy atom. The molecule has 27 heavy (non-hydrogen) atoms. The third-order valence-electron chi connectivity index (χ3n) is 4.35. The van der Waals surface area contributed by atoms with E-state index in [4.69, 9.17) is 4.74 Å². The van der Waals surface area contributed by atoms with Crippen LogP contribution in [0, 0.1) is 0 Å².